The van der Waals surface area contributed by atoms with Crippen LogP contribution < -0.4 is 5.32 Å². The van der Waals surface area contributed by atoms with Gasteiger partial charge in [-0.1, -0.05) is 0 Å². The summed E-state index contributed by atoms with van der Waals surface area (Å²) < 4.78 is 2.16. The van der Waals surface area contributed by atoms with E-state index in [0.29, 0.717) is 12.1 Å². The van der Waals surface area contributed by atoms with Crippen LogP contribution in [0.4, 0.5) is 0 Å². The molecule has 0 atom stereocenters. The molecule has 0 aliphatic carbocycles. The van der Waals surface area contributed by atoms with E-state index in [-0.39, 0.29) is 0 Å². The molecule has 84 valence electrons. The minimum atomic E-state index is 0.575. The Hall–Kier alpha value is -0.870. The van der Waals surface area contributed by atoms with Crippen LogP contribution in [-0.4, -0.2) is 40.9 Å². The molecule has 1 N–H and O–H groups in total. The van der Waals surface area contributed by atoms with Crippen molar-refractivity contribution < 1.29 is 0 Å². The van der Waals surface area contributed by atoms with Gasteiger partial charge in [0.2, 0.25) is 0 Å². The van der Waals surface area contributed by atoms with Crippen molar-refractivity contribution >= 4 is 0 Å². The number of hydrogen-bond donors (Lipinski definition) is 1. The zero-order valence-electron chi connectivity index (χ0n) is 9.77. The van der Waals surface area contributed by atoms with Crippen LogP contribution in [0.3, 0.4) is 0 Å². The van der Waals surface area contributed by atoms with Crippen molar-refractivity contribution in [1.82, 2.24) is 20.0 Å². The maximum absolute atomic E-state index is 4.40. The molecule has 2 heterocycles. The molecule has 0 bridgehead atoms. The number of likely N-dealkylation sites (tertiary alicyclic amines) is 1. The largest absolute Gasteiger partial charge is 0.314 e. The first kappa shape index (κ1) is 10.6. The molecule has 0 unspecified atom stereocenters. The molecule has 0 amide bonds. The minimum Gasteiger partial charge on any atom is -0.314 e. The summed E-state index contributed by atoms with van der Waals surface area (Å²) in [6.07, 6.45) is 1.89. The molecule has 4 nitrogen and oxygen atoms in total. The van der Waals surface area contributed by atoms with Gasteiger partial charge in [0.05, 0.1) is 11.7 Å². The number of rotatable bonds is 4. The third-order valence-electron chi connectivity index (χ3n) is 3.08. The van der Waals surface area contributed by atoms with Gasteiger partial charge in [-0.3, -0.25) is 9.58 Å². The quantitative estimate of drug-likeness (QED) is 0.797. The van der Waals surface area contributed by atoms with Gasteiger partial charge >= 0.3 is 0 Å². The zero-order chi connectivity index (χ0) is 10.8. The Bertz CT molecular complexity index is 312. The van der Waals surface area contributed by atoms with Gasteiger partial charge in [0.1, 0.15) is 0 Å². The molecular weight excluding hydrogens is 188 g/mol. The minimum absolute atomic E-state index is 0.575. The summed E-state index contributed by atoms with van der Waals surface area (Å²) in [4.78, 5) is 2.47. The van der Waals surface area contributed by atoms with Crippen molar-refractivity contribution in [2.24, 2.45) is 0 Å². The lowest BCUT2D eigenvalue weighted by molar-refractivity contribution is 0.0657. The van der Waals surface area contributed by atoms with Crippen molar-refractivity contribution in [2.45, 2.75) is 32.5 Å². The highest BCUT2D eigenvalue weighted by atomic mass is 15.4. The van der Waals surface area contributed by atoms with Crippen LogP contribution in [0.2, 0.25) is 0 Å². The lowest BCUT2D eigenvalue weighted by Gasteiger charge is -2.42. The first-order valence-corrected chi connectivity index (χ1v) is 5.63. The molecule has 15 heavy (non-hydrogen) atoms. The lowest BCUT2D eigenvalue weighted by atomic mass is 10.1. The fourth-order valence-corrected chi connectivity index (χ4v) is 2.06. The smallest absolute Gasteiger partial charge is 0.0776 e. The van der Waals surface area contributed by atoms with E-state index in [1.54, 1.807) is 0 Å². The second-order valence-corrected chi connectivity index (χ2v) is 4.50. The predicted molar refractivity (Wildman–Crippen MR) is 60.7 cm³/mol. The van der Waals surface area contributed by atoms with E-state index in [0.717, 1.165) is 19.6 Å². The second-order valence-electron chi connectivity index (χ2n) is 4.50. The number of nitrogens with one attached hydrogen (secondary N) is 1. The van der Waals surface area contributed by atoms with Gasteiger partial charge in [-0.25, -0.2) is 0 Å². The molecule has 1 aromatic rings. The molecular formula is C11H20N4. The van der Waals surface area contributed by atoms with E-state index in [4.69, 9.17) is 0 Å². The number of nitrogens with zero attached hydrogens (tertiary/aromatic N) is 3. The van der Waals surface area contributed by atoms with Gasteiger partial charge in [-0.05, 0) is 27.0 Å². The van der Waals surface area contributed by atoms with Gasteiger partial charge in [0.15, 0.2) is 0 Å². The average molecular weight is 208 g/mol. The highest BCUT2D eigenvalue weighted by molar-refractivity contribution is 5.04. The fourth-order valence-electron chi connectivity index (χ4n) is 2.06. The third-order valence-corrected chi connectivity index (χ3v) is 3.08. The van der Waals surface area contributed by atoms with Gasteiger partial charge < -0.3 is 5.32 Å². The molecule has 0 saturated carbocycles. The maximum Gasteiger partial charge on any atom is 0.0776 e. The van der Waals surface area contributed by atoms with Crippen LogP contribution in [0.25, 0.3) is 0 Å². The van der Waals surface area contributed by atoms with Crippen molar-refractivity contribution in [3.05, 3.63) is 18.0 Å². The van der Waals surface area contributed by atoms with Gasteiger partial charge in [0, 0.05) is 31.9 Å². The summed E-state index contributed by atoms with van der Waals surface area (Å²) in [5.41, 5.74) is 1.28. The Balaban J connectivity index is 1.97. The van der Waals surface area contributed by atoms with Crippen LogP contribution in [0.1, 0.15) is 25.6 Å². The van der Waals surface area contributed by atoms with E-state index >= 15 is 0 Å². The Morgan fingerprint density at radius 3 is 2.87 bits per heavy atom. The first-order chi connectivity index (χ1) is 7.22. The van der Waals surface area contributed by atoms with Crippen LogP contribution in [0.5, 0.6) is 0 Å². The Morgan fingerprint density at radius 2 is 2.27 bits per heavy atom. The second kappa shape index (κ2) is 4.33. The molecule has 1 fully saturated rings. The van der Waals surface area contributed by atoms with E-state index in [1.807, 2.05) is 13.2 Å². The van der Waals surface area contributed by atoms with Crippen molar-refractivity contribution in [1.29, 1.82) is 0 Å². The zero-order valence-corrected chi connectivity index (χ0v) is 9.77. The van der Waals surface area contributed by atoms with Crippen molar-refractivity contribution in [3.63, 3.8) is 0 Å². The monoisotopic (exact) mass is 208 g/mol. The van der Waals surface area contributed by atoms with Gasteiger partial charge in [-0.15, -0.1) is 0 Å². The third kappa shape index (κ3) is 2.06. The van der Waals surface area contributed by atoms with E-state index in [9.17, 15) is 0 Å². The van der Waals surface area contributed by atoms with Crippen molar-refractivity contribution in [2.75, 3.05) is 20.1 Å². The molecule has 0 spiro atoms. The molecule has 4 heteroatoms. The van der Waals surface area contributed by atoms with Gasteiger partial charge in [0.25, 0.3) is 0 Å². The fraction of sp³-hybridized carbons (Fsp3) is 0.727. The highest BCUT2D eigenvalue weighted by Crippen LogP contribution is 2.23. The lowest BCUT2D eigenvalue weighted by Crippen LogP contribution is -2.51. The van der Waals surface area contributed by atoms with Crippen LogP contribution in [0, 0.1) is 0 Å². The molecule has 1 aliphatic rings. The standard InChI is InChI=1S/C11H20N4/c1-9(2)14-7-11(8-14)15-10(6-12-3)4-5-13-15/h4-5,9,11-12H,6-8H2,1-3H3. The van der Waals surface area contributed by atoms with E-state index in [2.05, 4.69) is 39.9 Å². The number of aromatic nitrogens is 2. The highest BCUT2D eigenvalue weighted by Gasteiger charge is 2.31. The Labute approximate surface area is 91.3 Å². The number of hydrogen-bond acceptors (Lipinski definition) is 3. The van der Waals surface area contributed by atoms with Gasteiger partial charge in [-0.2, -0.15) is 5.10 Å². The molecule has 1 aromatic heterocycles. The normalized spacial score (nSPS) is 18.4. The predicted octanol–water partition coefficient (Wildman–Crippen LogP) is 0.868. The molecule has 1 aliphatic heterocycles. The summed E-state index contributed by atoms with van der Waals surface area (Å²) in [5, 5.41) is 7.57. The summed E-state index contributed by atoms with van der Waals surface area (Å²) in [5.74, 6) is 0. The van der Waals surface area contributed by atoms with Crippen LogP contribution in [-0.2, 0) is 6.54 Å². The Morgan fingerprint density at radius 1 is 1.53 bits per heavy atom. The summed E-state index contributed by atoms with van der Waals surface area (Å²) in [6, 6.07) is 3.32. The molecule has 2 rings (SSSR count). The van der Waals surface area contributed by atoms with Crippen LogP contribution in [0.15, 0.2) is 12.3 Å². The first-order valence-electron chi connectivity index (χ1n) is 5.63. The average Bonchev–Trinajstić information content (AvgIpc) is 2.50. The van der Waals surface area contributed by atoms with Crippen LogP contribution >= 0.6 is 0 Å². The summed E-state index contributed by atoms with van der Waals surface area (Å²) in [6.45, 7) is 7.66. The van der Waals surface area contributed by atoms with E-state index < -0.39 is 0 Å². The molecule has 1 saturated heterocycles. The topological polar surface area (TPSA) is 33.1 Å². The molecule has 0 radical (unpaired) electrons. The summed E-state index contributed by atoms with van der Waals surface area (Å²) in [7, 11) is 1.97. The van der Waals surface area contributed by atoms with E-state index in [1.165, 1.54) is 5.69 Å². The Kier molecular flexibility index (Phi) is 3.07. The SMILES string of the molecule is CNCc1ccnn1C1CN(C(C)C)C1. The maximum atomic E-state index is 4.40. The molecule has 0 aromatic carbocycles. The summed E-state index contributed by atoms with van der Waals surface area (Å²) >= 11 is 0. The van der Waals surface area contributed by atoms with Crippen molar-refractivity contribution in [3.8, 4) is 0 Å².